The quantitative estimate of drug-likeness (QED) is 0.793. The summed E-state index contributed by atoms with van der Waals surface area (Å²) in [4.78, 5) is 0. The molecule has 0 aliphatic rings. The highest BCUT2D eigenvalue weighted by Gasteiger charge is 2.04. The maximum absolute atomic E-state index is 9.05. The van der Waals surface area contributed by atoms with E-state index in [0.29, 0.717) is 24.5 Å². The second-order valence-corrected chi connectivity index (χ2v) is 4.48. The number of nitrogen functional groups attached to an aromatic ring is 1. The molecule has 0 radical (unpaired) electrons. The summed E-state index contributed by atoms with van der Waals surface area (Å²) in [6.07, 6.45) is 0.580. The summed E-state index contributed by atoms with van der Waals surface area (Å²) in [7, 11) is 1.61. The number of hydrogen-bond donors (Lipinski definition) is 2. The number of hydrogen-bond acceptors (Lipinski definition) is 4. The number of rotatable bonds is 6. The SMILES string of the molecule is COc1cc(N)cc(COc2ccccc2CCO)c1. The van der Waals surface area contributed by atoms with E-state index in [4.69, 9.17) is 20.3 Å². The average Bonchev–Trinajstić information content (AvgIpc) is 2.46. The average molecular weight is 273 g/mol. The second-order valence-electron chi connectivity index (χ2n) is 4.48. The van der Waals surface area contributed by atoms with Gasteiger partial charge in [0.15, 0.2) is 0 Å². The molecule has 0 fully saturated rings. The van der Waals surface area contributed by atoms with E-state index < -0.39 is 0 Å². The first kappa shape index (κ1) is 14.2. The largest absolute Gasteiger partial charge is 0.497 e. The van der Waals surface area contributed by atoms with Crippen LogP contribution >= 0.6 is 0 Å². The van der Waals surface area contributed by atoms with Crippen LogP contribution in [0.2, 0.25) is 0 Å². The third-order valence-corrected chi connectivity index (χ3v) is 2.97. The number of para-hydroxylation sites is 1. The van der Waals surface area contributed by atoms with Crippen molar-refractivity contribution in [3.05, 3.63) is 53.6 Å². The number of benzene rings is 2. The van der Waals surface area contributed by atoms with Gasteiger partial charge in [0.2, 0.25) is 0 Å². The first-order chi connectivity index (χ1) is 9.72. The Morgan fingerprint density at radius 3 is 2.70 bits per heavy atom. The van der Waals surface area contributed by atoms with Crippen LogP contribution in [0, 0.1) is 0 Å². The van der Waals surface area contributed by atoms with Crippen LogP contribution in [-0.4, -0.2) is 18.8 Å². The van der Waals surface area contributed by atoms with Crippen molar-refractivity contribution in [2.45, 2.75) is 13.0 Å². The van der Waals surface area contributed by atoms with Crippen molar-refractivity contribution in [1.82, 2.24) is 0 Å². The Morgan fingerprint density at radius 1 is 1.15 bits per heavy atom. The van der Waals surface area contributed by atoms with E-state index in [9.17, 15) is 0 Å². The van der Waals surface area contributed by atoms with Gasteiger partial charge in [-0.15, -0.1) is 0 Å². The Labute approximate surface area is 118 Å². The van der Waals surface area contributed by atoms with Crippen LogP contribution in [-0.2, 0) is 13.0 Å². The molecule has 4 nitrogen and oxygen atoms in total. The minimum absolute atomic E-state index is 0.104. The smallest absolute Gasteiger partial charge is 0.123 e. The molecule has 0 saturated heterocycles. The highest BCUT2D eigenvalue weighted by Crippen LogP contribution is 2.22. The van der Waals surface area contributed by atoms with Gasteiger partial charge in [-0.3, -0.25) is 0 Å². The molecular formula is C16H19NO3. The monoisotopic (exact) mass is 273 g/mol. The molecule has 0 heterocycles. The van der Waals surface area contributed by atoms with E-state index in [2.05, 4.69) is 0 Å². The first-order valence-corrected chi connectivity index (χ1v) is 6.48. The Hall–Kier alpha value is -2.20. The summed E-state index contributed by atoms with van der Waals surface area (Å²) in [5, 5.41) is 9.05. The van der Waals surface area contributed by atoms with Gasteiger partial charge in [0.25, 0.3) is 0 Å². The zero-order valence-corrected chi connectivity index (χ0v) is 11.5. The van der Waals surface area contributed by atoms with Crippen molar-refractivity contribution < 1.29 is 14.6 Å². The number of methoxy groups -OCH3 is 1. The van der Waals surface area contributed by atoms with Crippen LogP contribution in [0.3, 0.4) is 0 Å². The van der Waals surface area contributed by atoms with Crippen molar-refractivity contribution in [2.24, 2.45) is 0 Å². The van der Waals surface area contributed by atoms with Gasteiger partial charge >= 0.3 is 0 Å². The molecule has 0 amide bonds. The zero-order valence-electron chi connectivity index (χ0n) is 11.5. The predicted octanol–water partition coefficient (Wildman–Crippen LogP) is 2.39. The molecular weight excluding hydrogens is 254 g/mol. The van der Waals surface area contributed by atoms with Crippen molar-refractivity contribution >= 4 is 5.69 Å². The normalized spacial score (nSPS) is 10.3. The van der Waals surface area contributed by atoms with E-state index in [-0.39, 0.29) is 6.61 Å². The van der Waals surface area contributed by atoms with Crippen LogP contribution in [0.15, 0.2) is 42.5 Å². The maximum Gasteiger partial charge on any atom is 0.123 e. The van der Waals surface area contributed by atoms with E-state index in [1.54, 1.807) is 13.2 Å². The number of ether oxygens (including phenoxy) is 2. The summed E-state index contributed by atoms with van der Waals surface area (Å²) in [6, 6.07) is 13.2. The van der Waals surface area contributed by atoms with E-state index >= 15 is 0 Å². The Morgan fingerprint density at radius 2 is 1.95 bits per heavy atom. The lowest BCUT2D eigenvalue weighted by Crippen LogP contribution is -2.01. The number of nitrogens with two attached hydrogens (primary N) is 1. The molecule has 0 aromatic heterocycles. The van der Waals surface area contributed by atoms with Crippen LogP contribution < -0.4 is 15.2 Å². The lowest BCUT2D eigenvalue weighted by Gasteiger charge is -2.12. The fourth-order valence-electron chi connectivity index (χ4n) is 2.02. The lowest BCUT2D eigenvalue weighted by atomic mass is 10.1. The summed E-state index contributed by atoms with van der Waals surface area (Å²) in [5.41, 5.74) is 8.39. The minimum Gasteiger partial charge on any atom is -0.497 e. The van der Waals surface area contributed by atoms with Gasteiger partial charge in [-0.1, -0.05) is 18.2 Å². The van der Waals surface area contributed by atoms with Gasteiger partial charge in [-0.05, 0) is 35.7 Å². The predicted molar refractivity (Wildman–Crippen MR) is 79.0 cm³/mol. The highest BCUT2D eigenvalue weighted by atomic mass is 16.5. The van der Waals surface area contributed by atoms with E-state index in [1.807, 2.05) is 36.4 Å². The van der Waals surface area contributed by atoms with Gasteiger partial charge in [0.05, 0.1) is 7.11 Å². The molecule has 3 N–H and O–H groups in total. The molecule has 0 bridgehead atoms. The molecule has 0 unspecified atom stereocenters. The highest BCUT2D eigenvalue weighted by molar-refractivity contribution is 5.47. The van der Waals surface area contributed by atoms with Crippen molar-refractivity contribution in [2.75, 3.05) is 19.5 Å². The van der Waals surface area contributed by atoms with Gasteiger partial charge in [0, 0.05) is 18.4 Å². The summed E-state index contributed by atoms with van der Waals surface area (Å²) in [6.45, 7) is 0.510. The van der Waals surface area contributed by atoms with Gasteiger partial charge in [-0.25, -0.2) is 0 Å². The Balaban J connectivity index is 2.10. The lowest BCUT2D eigenvalue weighted by molar-refractivity contribution is 0.283. The zero-order chi connectivity index (χ0) is 14.4. The van der Waals surface area contributed by atoms with Crippen molar-refractivity contribution in [1.29, 1.82) is 0 Å². The number of anilines is 1. The molecule has 106 valence electrons. The standard InChI is InChI=1S/C16H19NO3/c1-19-15-9-12(8-14(17)10-15)11-20-16-5-3-2-4-13(16)6-7-18/h2-5,8-10,18H,6-7,11,17H2,1H3. The van der Waals surface area contributed by atoms with E-state index in [1.165, 1.54) is 0 Å². The topological polar surface area (TPSA) is 64.7 Å². The van der Waals surface area contributed by atoms with Gasteiger partial charge in [0.1, 0.15) is 18.1 Å². The van der Waals surface area contributed by atoms with Crippen LogP contribution in [0.1, 0.15) is 11.1 Å². The number of aliphatic hydroxyl groups excluding tert-OH is 1. The molecule has 0 aliphatic carbocycles. The Bertz CT molecular complexity index is 569. The molecule has 0 aliphatic heterocycles. The molecule has 2 rings (SSSR count). The third-order valence-electron chi connectivity index (χ3n) is 2.97. The van der Waals surface area contributed by atoms with Gasteiger partial charge < -0.3 is 20.3 Å². The maximum atomic E-state index is 9.05. The molecule has 0 spiro atoms. The molecule has 20 heavy (non-hydrogen) atoms. The molecule has 2 aromatic rings. The fourth-order valence-corrected chi connectivity index (χ4v) is 2.02. The molecule has 2 aromatic carbocycles. The van der Waals surface area contributed by atoms with Crippen LogP contribution in [0.25, 0.3) is 0 Å². The van der Waals surface area contributed by atoms with Crippen molar-refractivity contribution in [3.63, 3.8) is 0 Å². The van der Waals surface area contributed by atoms with Gasteiger partial charge in [-0.2, -0.15) is 0 Å². The molecule has 0 saturated carbocycles. The summed E-state index contributed by atoms with van der Waals surface area (Å²) in [5.74, 6) is 1.50. The summed E-state index contributed by atoms with van der Waals surface area (Å²) < 4.78 is 11.0. The summed E-state index contributed by atoms with van der Waals surface area (Å²) >= 11 is 0. The molecule has 4 heteroatoms. The third kappa shape index (κ3) is 3.65. The van der Waals surface area contributed by atoms with Crippen molar-refractivity contribution in [3.8, 4) is 11.5 Å². The fraction of sp³-hybridized carbons (Fsp3) is 0.250. The first-order valence-electron chi connectivity index (χ1n) is 6.48. The Kier molecular flexibility index (Phi) is 4.85. The van der Waals surface area contributed by atoms with Crippen LogP contribution in [0.5, 0.6) is 11.5 Å². The van der Waals surface area contributed by atoms with E-state index in [0.717, 1.165) is 16.9 Å². The molecule has 0 atom stereocenters. The minimum atomic E-state index is 0.104. The second kappa shape index (κ2) is 6.82. The number of aliphatic hydroxyl groups is 1. The van der Waals surface area contributed by atoms with Crippen LogP contribution in [0.4, 0.5) is 5.69 Å².